The number of carboxylic acid groups (broad SMARTS) is 1. The highest BCUT2D eigenvalue weighted by Gasteiger charge is 2.39. The Labute approximate surface area is 96.8 Å². The molecule has 16 heavy (non-hydrogen) atoms. The van der Waals surface area contributed by atoms with E-state index in [1.165, 1.54) is 19.3 Å². The quantitative estimate of drug-likeness (QED) is 0.650. The van der Waals surface area contributed by atoms with Crippen molar-refractivity contribution >= 4 is 5.97 Å². The second kappa shape index (κ2) is 4.72. The highest BCUT2D eigenvalue weighted by atomic mass is 16.4. The summed E-state index contributed by atoms with van der Waals surface area (Å²) in [5, 5.41) is 15.6. The van der Waals surface area contributed by atoms with E-state index in [0.29, 0.717) is 0 Å². The number of carboxylic acids is 1. The summed E-state index contributed by atoms with van der Waals surface area (Å²) >= 11 is 0. The van der Waals surface area contributed by atoms with Crippen LogP contribution in [-0.4, -0.2) is 36.2 Å². The SMILES string of the molecule is CC1CCCC1CNC1(CC(=O)O)CNC1. The van der Waals surface area contributed by atoms with E-state index in [4.69, 9.17) is 5.11 Å². The normalized spacial score (nSPS) is 32.3. The molecule has 1 aliphatic carbocycles. The third kappa shape index (κ3) is 2.55. The van der Waals surface area contributed by atoms with Gasteiger partial charge in [-0.25, -0.2) is 0 Å². The Balaban J connectivity index is 1.80. The first-order valence-electron chi connectivity index (χ1n) is 6.29. The van der Waals surface area contributed by atoms with E-state index in [9.17, 15) is 4.79 Å². The molecule has 1 heterocycles. The van der Waals surface area contributed by atoms with Gasteiger partial charge in [0.15, 0.2) is 0 Å². The van der Waals surface area contributed by atoms with E-state index < -0.39 is 5.97 Å². The number of carbonyl (C=O) groups is 1. The topological polar surface area (TPSA) is 61.4 Å². The average molecular weight is 226 g/mol. The van der Waals surface area contributed by atoms with E-state index >= 15 is 0 Å². The van der Waals surface area contributed by atoms with E-state index in [-0.39, 0.29) is 12.0 Å². The molecule has 0 aromatic heterocycles. The average Bonchev–Trinajstić information content (AvgIpc) is 2.55. The molecule has 2 aliphatic rings. The molecule has 2 atom stereocenters. The summed E-state index contributed by atoms with van der Waals surface area (Å²) in [5.41, 5.74) is -0.172. The molecule has 3 N–H and O–H groups in total. The van der Waals surface area contributed by atoms with Crippen LogP contribution < -0.4 is 10.6 Å². The summed E-state index contributed by atoms with van der Waals surface area (Å²) in [7, 11) is 0. The first-order chi connectivity index (χ1) is 7.61. The Morgan fingerprint density at radius 2 is 2.25 bits per heavy atom. The molecule has 0 spiro atoms. The number of rotatable bonds is 5. The second-order valence-electron chi connectivity index (χ2n) is 5.50. The summed E-state index contributed by atoms with van der Waals surface area (Å²) in [5.74, 6) is 0.835. The Kier molecular flexibility index (Phi) is 3.50. The van der Waals surface area contributed by atoms with E-state index in [0.717, 1.165) is 31.5 Å². The molecular weight excluding hydrogens is 204 g/mol. The van der Waals surface area contributed by atoms with Gasteiger partial charge < -0.3 is 15.7 Å². The monoisotopic (exact) mass is 226 g/mol. The van der Waals surface area contributed by atoms with Crippen molar-refractivity contribution < 1.29 is 9.90 Å². The number of aliphatic carboxylic acids is 1. The van der Waals surface area contributed by atoms with Gasteiger partial charge in [-0.05, 0) is 24.8 Å². The van der Waals surface area contributed by atoms with Crippen molar-refractivity contribution in [1.82, 2.24) is 10.6 Å². The van der Waals surface area contributed by atoms with Gasteiger partial charge in [-0.2, -0.15) is 0 Å². The lowest BCUT2D eigenvalue weighted by atomic mass is 9.87. The molecule has 0 aromatic carbocycles. The Hall–Kier alpha value is -0.610. The lowest BCUT2D eigenvalue weighted by Crippen LogP contribution is -2.69. The van der Waals surface area contributed by atoms with E-state index in [1.54, 1.807) is 0 Å². The van der Waals surface area contributed by atoms with Crippen LogP contribution in [0.25, 0.3) is 0 Å². The molecule has 92 valence electrons. The number of hydrogen-bond donors (Lipinski definition) is 3. The highest BCUT2D eigenvalue weighted by molar-refractivity contribution is 5.68. The van der Waals surface area contributed by atoms with Gasteiger partial charge in [-0.15, -0.1) is 0 Å². The van der Waals surface area contributed by atoms with Crippen LogP contribution in [0.1, 0.15) is 32.6 Å². The zero-order valence-electron chi connectivity index (χ0n) is 9.96. The molecule has 1 aliphatic heterocycles. The van der Waals surface area contributed by atoms with Crippen molar-refractivity contribution in [2.75, 3.05) is 19.6 Å². The van der Waals surface area contributed by atoms with Crippen molar-refractivity contribution in [3.8, 4) is 0 Å². The van der Waals surface area contributed by atoms with Crippen molar-refractivity contribution in [3.05, 3.63) is 0 Å². The third-order valence-corrected chi connectivity index (χ3v) is 4.19. The molecule has 4 nitrogen and oxygen atoms in total. The molecule has 1 saturated carbocycles. The van der Waals surface area contributed by atoms with Crippen LogP contribution in [0, 0.1) is 11.8 Å². The lowest BCUT2D eigenvalue weighted by Gasteiger charge is -2.43. The molecule has 0 amide bonds. The maximum atomic E-state index is 10.8. The number of nitrogens with one attached hydrogen (secondary N) is 2. The fraction of sp³-hybridized carbons (Fsp3) is 0.917. The zero-order valence-corrected chi connectivity index (χ0v) is 9.96. The van der Waals surface area contributed by atoms with Gasteiger partial charge in [0, 0.05) is 13.1 Å². The predicted octanol–water partition coefficient (Wildman–Crippen LogP) is 0.829. The summed E-state index contributed by atoms with van der Waals surface area (Å²) < 4.78 is 0. The minimum atomic E-state index is -0.700. The largest absolute Gasteiger partial charge is 0.481 e. The van der Waals surface area contributed by atoms with Crippen molar-refractivity contribution in [3.63, 3.8) is 0 Å². The number of hydrogen-bond acceptors (Lipinski definition) is 3. The van der Waals surface area contributed by atoms with Crippen molar-refractivity contribution in [1.29, 1.82) is 0 Å². The lowest BCUT2D eigenvalue weighted by molar-refractivity contribution is -0.139. The summed E-state index contributed by atoms with van der Waals surface area (Å²) in [6.45, 7) is 4.87. The smallest absolute Gasteiger partial charge is 0.305 e. The maximum Gasteiger partial charge on any atom is 0.305 e. The molecular formula is C12H22N2O2. The van der Waals surface area contributed by atoms with E-state index in [1.807, 2.05) is 0 Å². The molecule has 2 rings (SSSR count). The zero-order chi connectivity index (χ0) is 11.6. The standard InChI is InChI=1S/C12H22N2O2/c1-9-3-2-4-10(9)6-14-12(5-11(15)16)7-13-8-12/h9-10,13-14H,2-8H2,1H3,(H,15,16). The molecule has 1 saturated heterocycles. The first kappa shape index (κ1) is 11.9. The Morgan fingerprint density at radius 1 is 1.50 bits per heavy atom. The van der Waals surface area contributed by atoms with Gasteiger partial charge >= 0.3 is 5.97 Å². The molecule has 0 bridgehead atoms. The second-order valence-corrected chi connectivity index (χ2v) is 5.50. The van der Waals surface area contributed by atoms with Gasteiger partial charge in [0.1, 0.15) is 0 Å². The van der Waals surface area contributed by atoms with Crippen molar-refractivity contribution in [2.45, 2.75) is 38.1 Å². The van der Waals surface area contributed by atoms with Gasteiger partial charge in [-0.3, -0.25) is 4.79 Å². The maximum absolute atomic E-state index is 10.8. The van der Waals surface area contributed by atoms with Crippen LogP contribution in [0.3, 0.4) is 0 Å². The van der Waals surface area contributed by atoms with Gasteiger partial charge in [0.2, 0.25) is 0 Å². The van der Waals surface area contributed by atoms with Crippen LogP contribution in [0.4, 0.5) is 0 Å². The Bertz CT molecular complexity index is 264. The van der Waals surface area contributed by atoms with Crippen LogP contribution >= 0.6 is 0 Å². The van der Waals surface area contributed by atoms with Crippen LogP contribution in [0.2, 0.25) is 0 Å². The third-order valence-electron chi connectivity index (χ3n) is 4.19. The molecule has 0 radical (unpaired) electrons. The summed E-state index contributed by atoms with van der Waals surface area (Å²) in [4.78, 5) is 10.8. The summed E-state index contributed by atoms with van der Waals surface area (Å²) in [6.07, 6.45) is 4.19. The van der Waals surface area contributed by atoms with Gasteiger partial charge in [-0.1, -0.05) is 19.8 Å². The van der Waals surface area contributed by atoms with E-state index in [2.05, 4.69) is 17.6 Å². The van der Waals surface area contributed by atoms with Crippen LogP contribution in [0.5, 0.6) is 0 Å². The fourth-order valence-corrected chi connectivity index (χ4v) is 2.90. The van der Waals surface area contributed by atoms with Gasteiger partial charge in [0.25, 0.3) is 0 Å². The molecule has 4 heteroatoms. The Morgan fingerprint density at radius 3 is 2.69 bits per heavy atom. The minimum absolute atomic E-state index is 0.172. The molecule has 0 aromatic rings. The fourth-order valence-electron chi connectivity index (χ4n) is 2.90. The molecule has 2 unspecified atom stereocenters. The van der Waals surface area contributed by atoms with Crippen molar-refractivity contribution in [2.24, 2.45) is 11.8 Å². The van der Waals surface area contributed by atoms with Crippen LogP contribution in [-0.2, 0) is 4.79 Å². The first-order valence-corrected chi connectivity index (χ1v) is 6.29. The minimum Gasteiger partial charge on any atom is -0.481 e. The highest BCUT2D eigenvalue weighted by Crippen LogP contribution is 2.31. The predicted molar refractivity (Wildman–Crippen MR) is 62.4 cm³/mol. The summed E-state index contributed by atoms with van der Waals surface area (Å²) in [6, 6.07) is 0. The van der Waals surface area contributed by atoms with Gasteiger partial charge in [0.05, 0.1) is 12.0 Å². The van der Waals surface area contributed by atoms with Crippen LogP contribution in [0.15, 0.2) is 0 Å². The molecule has 2 fully saturated rings.